The maximum Gasteiger partial charge on any atom is 0.340 e. The van der Waals surface area contributed by atoms with Crippen LogP contribution in [0.2, 0.25) is 10.2 Å². The summed E-state index contributed by atoms with van der Waals surface area (Å²) in [5.41, 5.74) is 0.144. The summed E-state index contributed by atoms with van der Waals surface area (Å²) in [5, 5.41) is 0.254. The van der Waals surface area contributed by atoms with Crippen molar-refractivity contribution in [1.82, 2.24) is 9.88 Å². The summed E-state index contributed by atoms with van der Waals surface area (Å²) in [6, 6.07) is 1.35. The van der Waals surface area contributed by atoms with Gasteiger partial charge in [-0.25, -0.2) is 9.78 Å². The molecule has 2 unspecified atom stereocenters. The van der Waals surface area contributed by atoms with E-state index in [2.05, 4.69) is 4.98 Å². The van der Waals surface area contributed by atoms with Gasteiger partial charge in [0.05, 0.1) is 22.8 Å². The molecule has 2 atom stereocenters. The number of pyridine rings is 1. The lowest BCUT2D eigenvalue weighted by molar-refractivity contribution is -0.146. The Hall–Kier alpha value is -1.37. The van der Waals surface area contributed by atoms with Crippen molar-refractivity contribution in [3.8, 4) is 0 Å². The van der Waals surface area contributed by atoms with Crippen LogP contribution in [0.1, 0.15) is 24.2 Å². The number of aromatic nitrogens is 1. The van der Waals surface area contributed by atoms with E-state index in [1.807, 2.05) is 13.8 Å². The molecule has 120 valence electrons. The standard InChI is InChI=1S/C14H16Cl2N2O4/c1-8-5-18(6-9(2)22-8)12(19)7-21-14(20)10-3-11(15)13(16)17-4-10/h3-4,8-9H,5-7H2,1-2H3. The van der Waals surface area contributed by atoms with E-state index in [1.165, 1.54) is 12.3 Å². The predicted octanol–water partition coefficient (Wildman–Crippen LogP) is 2.18. The topological polar surface area (TPSA) is 68.7 Å². The third kappa shape index (κ3) is 4.32. The largest absolute Gasteiger partial charge is 0.452 e. The predicted molar refractivity (Wildman–Crippen MR) is 81.1 cm³/mol. The third-order valence-electron chi connectivity index (χ3n) is 3.13. The first-order valence-corrected chi connectivity index (χ1v) is 7.53. The molecule has 0 aliphatic carbocycles. The summed E-state index contributed by atoms with van der Waals surface area (Å²) >= 11 is 11.5. The Bertz CT molecular complexity index is 572. The Kier molecular flexibility index (Phi) is 5.61. The number of ether oxygens (including phenoxy) is 2. The molecular weight excluding hydrogens is 331 g/mol. The van der Waals surface area contributed by atoms with Crippen LogP contribution in [0.4, 0.5) is 0 Å². The second kappa shape index (κ2) is 7.26. The highest BCUT2D eigenvalue weighted by molar-refractivity contribution is 6.41. The quantitative estimate of drug-likeness (QED) is 0.619. The normalized spacial score (nSPS) is 21.5. The molecule has 0 radical (unpaired) electrons. The zero-order valence-corrected chi connectivity index (χ0v) is 13.7. The number of hydrogen-bond acceptors (Lipinski definition) is 5. The Labute approximate surface area is 138 Å². The first kappa shape index (κ1) is 17.0. The van der Waals surface area contributed by atoms with Gasteiger partial charge in [-0.2, -0.15) is 0 Å². The van der Waals surface area contributed by atoms with Crippen molar-refractivity contribution in [2.75, 3.05) is 19.7 Å². The van der Waals surface area contributed by atoms with E-state index < -0.39 is 5.97 Å². The molecule has 0 aromatic carbocycles. The lowest BCUT2D eigenvalue weighted by atomic mass is 10.2. The molecule has 0 N–H and O–H groups in total. The summed E-state index contributed by atoms with van der Waals surface area (Å²) < 4.78 is 10.5. The van der Waals surface area contributed by atoms with Crippen LogP contribution in [0.5, 0.6) is 0 Å². The zero-order valence-electron chi connectivity index (χ0n) is 12.2. The van der Waals surface area contributed by atoms with Gasteiger partial charge in [-0.3, -0.25) is 4.79 Å². The van der Waals surface area contributed by atoms with Crippen LogP contribution in [0.25, 0.3) is 0 Å². The Morgan fingerprint density at radius 2 is 2.00 bits per heavy atom. The molecule has 0 bridgehead atoms. The number of morpholine rings is 1. The van der Waals surface area contributed by atoms with Gasteiger partial charge < -0.3 is 14.4 Å². The van der Waals surface area contributed by atoms with Crippen LogP contribution in [-0.4, -0.2) is 53.7 Å². The SMILES string of the molecule is CC1CN(C(=O)COC(=O)c2cnc(Cl)c(Cl)c2)CC(C)O1. The van der Waals surface area contributed by atoms with Crippen molar-refractivity contribution in [3.63, 3.8) is 0 Å². The average molecular weight is 347 g/mol. The minimum Gasteiger partial charge on any atom is -0.452 e. The molecule has 0 spiro atoms. The minimum absolute atomic E-state index is 0.0392. The fourth-order valence-corrected chi connectivity index (χ4v) is 2.49. The Morgan fingerprint density at radius 3 is 2.59 bits per heavy atom. The van der Waals surface area contributed by atoms with Gasteiger partial charge in [0.25, 0.3) is 5.91 Å². The monoisotopic (exact) mass is 346 g/mol. The van der Waals surface area contributed by atoms with Crippen molar-refractivity contribution < 1.29 is 19.1 Å². The number of halogens is 2. The molecular formula is C14H16Cl2N2O4. The first-order chi connectivity index (χ1) is 10.4. The van der Waals surface area contributed by atoms with Gasteiger partial charge in [0, 0.05) is 19.3 Å². The molecule has 2 heterocycles. The highest BCUT2D eigenvalue weighted by Crippen LogP contribution is 2.20. The molecule has 1 fully saturated rings. The number of esters is 1. The first-order valence-electron chi connectivity index (χ1n) is 6.78. The van der Waals surface area contributed by atoms with E-state index in [-0.39, 0.29) is 40.5 Å². The summed E-state index contributed by atoms with van der Waals surface area (Å²) in [7, 11) is 0. The fraction of sp³-hybridized carbons (Fsp3) is 0.500. The number of carbonyl (C=O) groups is 2. The second-order valence-electron chi connectivity index (χ2n) is 5.13. The summed E-state index contributed by atoms with van der Waals surface area (Å²) in [5.74, 6) is -0.933. The molecule has 1 amide bonds. The van der Waals surface area contributed by atoms with Crippen LogP contribution in [0.15, 0.2) is 12.3 Å². The number of hydrogen-bond donors (Lipinski definition) is 0. The second-order valence-corrected chi connectivity index (χ2v) is 5.89. The van der Waals surface area contributed by atoms with Crippen LogP contribution in [0, 0.1) is 0 Å². The van der Waals surface area contributed by atoms with E-state index in [9.17, 15) is 9.59 Å². The van der Waals surface area contributed by atoms with E-state index >= 15 is 0 Å². The summed E-state index contributed by atoms with van der Waals surface area (Å²) in [6.07, 6.45) is 1.17. The molecule has 1 aliphatic heterocycles. The molecule has 22 heavy (non-hydrogen) atoms. The minimum atomic E-state index is -0.672. The van der Waals surface area contributed by atoms with E-state index in [0.717, 1.165) is 0 Å². The Balaban J connectivity index is 1.90. The van der Waals surface area contributed by atoms with Crippen molar-refractivity contribution in [1.29, 1.82) is 0 Å². The van der Waals surface area contributed by atoms with Gasteiger partial charge >= 0.3 is 5.97 Å². The third-order valence-corrected chi connectivity index (χ3v) is 3.82. The number of rotatable bonds is 3. The van der Waals surface area contributed by atoms with Gasteiger partial charge in [0.1, 0.15) is 5.15 Å². The lowest BCUT2D eigenvalue weighted by Crippen LogP contribution is -2.49. The van der Waals surface area contributed by atoms with Crippen molar-refractivity contribution >= 4 is 35.1 Å². The van der Waals surface area contributed by atoms with Gasteiger partial charge in [0.2, 0.25) is 0 Å². The highest BCUT2D eigenvalue weighted by Gasteiger charge is 2.26. The molecule has 6 nitrogen and oxygen atoms in total. The average Bonchev–Trinajstić information content (AvgIpc) is 2.46. The van der Waals surface area contributed by atoms with E-state index in [4.69, 9.17) is 32.7 Å². The van der Waals surface area contributed by atoms with Crippen molar-refractivity contribution in [2.24, 2.45) is 0 Å². The summed E-state index contributed by atoms with van der Waals surface area (Å²) in [6.45, 7) is 4.41. The molecule has 2 rings (SSSR count). The van der Waals surface area contributed by atoms with E-state index in [0.29, 0.717) is 13.1 Å². The fourth-order valence-electron chi connectivity index (χ4n) is 2.22. The molecule has 1 aromatic heterocycles. The molecule has 1 aliphatic rings. The number of nitrogens with zero attached hydrogens (tertiary/aromatic N) is 2. The maximum absolute atomic E-state index is 12.1. The zero-order chi connectivity index (χ0) is 16.3. The van der Waals surface area contributed by atoms with E-state index in [1.54, 1.807) is 4.90 Å². The van der Waals surface area contributed by atoms with Crippen LogP contribution in [0.3, 0.4) is 0 Å². The van der Waals surface area contributed by atoms with Crippen LogP contribution in [-0.2, 0) is 14.3 Å². The summed E-state index contributed by atoms with van der Waals surface area (Å²) in [4.78, 5) is 29.3. The lowest BCUT2D eigenvalue weighted by Gasteiger charge is -2.35. The van der Waals surface area contributed by atoms with Crippen LogP contribution >= 0.6 is 23.2 Å². The molecule has 0 saturated carbocycles. The smallest absolute Gasteiger partial charge is 0.340 e. The van der Waals surface area contributed by atoms with Gasteiger partial charge in [-0.1, -0.05) is 23.2 Å². The van der Waals surface area contributed by atoms with Gasteiger partial charge in [-0.05, 0) is 19.9 Å². The maximum atomic E-state index is 12.1. The Morgan fingerprint density at radius 1 is 1.36 bits per heavy atom. The highest BCUT2D eigenvalue weighted by atomic mass is 35.5. The molecule has 1 saturated heterocycles. The van der Waals surface area contributed by atoms with Crippen molar-refractivity contribution in [3.05, 3.63) is 28.0 Å². The van der Waals surface area contributed by atoms with Gasteiger partial charge in [-0.15, -0.1) is 0 Å². The number of amides is 1. The van der Waals surface area contributed by atoms with Crippen molar-refractivity contribution in [2.45, 2.75) is 26.1 Å². The van der Waals surface area contributed by atoms with Gasteiger partial charge in [0.15, 0.2) is 6.61 Å². The molecule has 8 heteroatoms. The number of carbonyl (C=O) groups excluding carboxylic acids is 2. The molecule has 1 aromatic rings. The van der Waals surface area contributed by atoms with Crippen LogP contribution < -0.4 is 0 Å².